The Morgan fingerprint density at radius 2 is 1.47 bits per heavy atom. The first-order chi connectivity index (χ1) is 17.3. The zero-order valence-corrected chi connectivity index (χ0v) is 22.5. The average molecular weight is 505 g/mol. The Labute approximate surface area is 216 Å². The molecule has 202 valence electrons. The van der Waals surface area contributed by atoms with Crippen LogP contribution >= 0.6 is 0 Å². The predicted octanol–water partition coefficient (Wildman–Crippen LogP) is 5.23. The van der Waals surface area contributed by atoms with Crippen LogP contribution in [0.4, 0.5) is 0 Å². The first kappa shape index (κ1) is 28.6. The van der Waals surface area contributed by atoms with Gasteiger partial charge < -0.3 is 23.7 Å². The normalized spacial score (nSPS) is 27.2. The van der Waals surface area contributed by atoms with Gasteiger partial charge in [0.2, 0.25) is 0 Å². The molecular weight excluding hydrogens is 460 g/mol. The standard InChI is InChI=1S/C29H44O7/c1-6-23(33-18-22-10-8-7-9-11-22)17-25-13-15-27(36-25)21(4)29(31)34-19(2)16-24-12-14-26(35-24)20(3)28(30)32-5/h7-11,19-21,23-27H,6,12-18H2,1-5H3/t19-,20+,21-,23+,24-,25+,26+,27-/m0/s1. The summed E-state index contributed by atoms with van der Waals surface area (Å²) in [6.07, 6.45) is 5.50. The maximum atomic E-state index is 12.8. The molecule has 0 aliphatic carbocycles. The molecule has 7 heteroatoms. The van der Waals surface area contributed by atoms with E-state index in [1.165, 1.54) is 12.7 Å². The van der Waals surface area contributed by atoms with E-state index in [1.807, 2.05) is 39.0 Å². The van der Waals surface area contributed by atoms with Crippen molar-refractivity contribution in [2.45, 2.75) is 116 Å². The molecule has 2 saturated heterocycles. The molecule has 2 aliphatic rings. The average Bonchev–Trinajstić information content (AvgIpc) is 3.55. The van der Waals surface area contributed by atoms with Gasteiger partial charge in [-0.2, -0.15) is 0 Å². The summed E-state index contributed by atoms with van der Waals surface area (Å²) in [4.78, 5) is 24.6. The van der Waals surface area contributed by atoms with E-state index in [0.717, 1.165) is 38.5 Å². The van der Waals surface area contributed by atoms with Gasteiger partial charge in [0, 0.05) is 6.42 Å². The molecular formula is C29H44O7. The summed E-state index contributed by atoms with van der Waals surface area (Å²) >= 11 is 0. The first-order valence-corrected chi connectivity index (χ1v) is 13.5. The summed E-state index contributed by atoms with van der Waals surface area (Å²) in [5.41, 5.74) is 1.17. The van der Waals surface area contributed by atoms with Gasteiger partial charge in [-0.15, -0.1) is 0 Å². The molecule has 0 unspecified atom stereocenters. The van der Waals surface area contributed by atoms with Crippen LogP contribution in [-0.2, 0) is 39.9 Å². The van der Waals surface area contributed by atoms with Crippen LogP contribution in [0, 0.1) is 11.8 Å². The Balaban J connectivity index is 1.38. The summed E-state index contributed by atoms with van der Waals surface area (Å²) < 4.78 is 29.0. The Morgan fingerprint density at radius 3 is 2.06 bits per heavy atom. The Morgan fingerprint density at radius 1 is 0.889 bits per heavy atom. The quantitative estimate of drug-likeness (QED) is 0.340. The summed E-state index contributed by atoms with van der Waals surface area (Å²) in [6.45, 7) is 8.36. The van der Waals surface area contributed by atoms with Crippen molar-refractivity contribution in [3.63, 3.8) is 0 Å². The minimum atomic E-state index is -0.320. The summed E-state index contributed by atoms with van der Waals surface area (Å²) in [5.74, 6) is -1.09. The van der Waals surface area contributed by atoms with Gasteiger partial charge in [-0.3, -0.25) is 9.59 Å². The van der Waals surface area contributed by atoms with Crippen LogP contribution in [0.3, 0.4) is 0 Å². The van der Waals surface area contributed by atoms with Crippen molar-refractivity contribution in [1.82, 2.24) is 0 Å². The maximum Gasteiger partial charge on any atom is 0.311 e. The molecule has 0 aromatic heterocycles. The lowest BCUT2D eigenvalue weighted by Gasteiger charge is -2.24. The number of carbonyl (C=O) groups is 2. The molecule has 7 nitrogen and oxygen atoms in total. The van der Waals surface area contributed by atoms with Crippen LogP contribution in [0.15, 0.2) is 30.3 Å². The fourth-order valence-corrected chi connectivity index (χ4v) is 5.20. The lowest BCUT2D eigenvalue weighted by molar-refractivity contribution is -0.159. The van der Waals surface area contributed by atoms with Gasteiger partial charge in [0.15, 0.2) is 0 Å². The SMILES string of the molecule is CC[C@H](C[C@H]1CC[C@@H]([C@H](C)C(=O)O[C@@H](C)C[C@@H]2CC[C@H]([C@@H](C)C(=O)OC)O2)O1)OCc1ccccc1. The molecule has 2 fully saturated rings. The zero-order valence-electron chi connectivity index (χ0n) is 22.5. The number of benzene rings is 1. The van der Waals surface area contributed by atoms with Gasteiger partial charge in [0.25, 0.3) is 0 Å². The van der Waals surface area contributed by atoms with Crippen LogP contribution in [0.2, 0.25) is 0 Å². The molecule has 1 aromatic rings. The van der Waals surface area contributed by atoms with E-state index in [2.05, 4.69) is 19.1 Å². The highest BCUT2D eigenvalue weighted by atomic mass is 16.6. The van der Waals surface area contributed by atoms with Gasteiger partial charge in [0.05, 0.1) is 56.1 Å². The van der Waals surface area contributed by atoms with E-state index in [-0.39, 0.29) is 60.4 Å². The van der Waals surface area contributed by atoms with Crippen molar-refractivity contribution >= 4 is 11.9 Å². The van der Waals surface area contributed by atoms with Crippen LogP contribution in [-0.4, -0.2) is 55.7 Å². The van der Waals surface area contributed by atoms with Gasteiger partial charge in [-0.25, -0.2) is 0 Å². The molecule has 3 rings (SSSR count). The third-order valence-electron chi connectivity index (χ3n) is 7.56. The number of ether oxygens (including phenoxy) is 5. The topological polar surface area (TPSA) is 80.3 Å². The molecule has 0 amide bonds. The number of hydrogen-bond donors (Lipinski definition) is 0. The number of hydrogen-bond acceptors (Lipinski definition) is 7. The minimum absolute atomic E-state index is 0.0193. The number of carbonyl (C=O) groups excluding carboxylic acids is 2. The Kier molecular flexibility index (Phi) is 11.2. The summed E-state index contributed by atoms with van der Waals surface area (Å²) in [7, 11) is 1.40. The zero-order chi connectivity index (χ0) is 26.1. The second-order valence-electron chi connectivity index (χ2n) is 10.4. The van der Waals surface area contributed by atoms with Crippen molar-refractivity contribution in [2.75, 3.05) is 7.11 Å². The maximum absolute atomic E-state index is 12.8. The minimum Gasteiger partial charge on any atom is -0.469 e. The smallest absolute Gasteiger partial charge is 0.311 e. The molecule has 8 atom stereocenters. The van der Waals surface area contributed by atoms with Gasteiger partial charge in [0.1, 0.15) is 6.10 Å². The Bertz CT molecular complexity index is 813. The first-order valence-electron chi connectivity index (χ1n) is 13.5. The second-order valence-corrected chi connectivity index (χ2v) is 10.4. The molecule has 0 N–H and O–H groups in total. The number of esters is 2. The van der Waals surface area contributed by atoms with Crippen molar-refractivity contribution in [3.8, 4) is 0 Å². The predicted molar refractivity (Wildman–Crippen MR) is 136 cm³/mol. The van der Waals surface area contributed by atoms with E-state index in [0.29, 0.717) is 13.0 Å². The van der Waals surface area contributed by atoms with Crippen molar-refractivity contribution in [3.05, 3.63) is 35.9 Å². The molecule has 2 heterocycles. The van der Waals surface area contributed by atoms with E-state index in [1.54, 1.807) is 0 Å². The largest absolute Gasteiger partial charge is 0.469 e. The fourth-order valence-electron chi connectivity index (χ4n) is 5.20. The van der Waals surface area contributed by atoms with E-state index in [9.17, 15) is 9.59 Å². The third kappa shape index (κ3) is 8.29. The lowest BCUT2D eigenvalue weighted by atomic mass is 10.0. The highest BCUT2D eigenvalue weighted by Gasteiger charge is 2.37. The van der Waals surface area contributed by atoms with Crippen molar-refractivity contribution in [2.24, 2.45) is 11.8 Å². The fraction of sp³-hybridized carbons (Fsp3) is 0.724. The molecule has 0 spiro atoms. The van der Waals surface area contributed by atoms with Gasteiger partial charge in [-0.1, -0.05) is 37.3 Å². The number of rotatable bonds is 13. The molecule has 36 heavy (non-hydrogen) atoms. The monoisotopic (exact) mass is 504 g/mol. The third-order valence-corrected chi connectivity index (χ3v) is 7.56. The van der Waals surface area contributed by atoms with E-state index in [4.69, 9.17) is 23.7 Å². The van der Waals surface area contributed by atoms with Crippen molar-refractivity contribution in [1.29, 1.82) is 0 Å². The molecule has 2 aliphatic heterocycles. The van der Waals surface area contributed by atoms with Crippen LogP contribution in [0.1, 0.15) is 78.2 Å². The number of methoxy groups -OCH3 is 1. The summed E-state index contributed by atoms with van der Waals surface area (Å²) in [6, 6.07) is 10.2. The second kappa shape index (κ2) is 14.1. The molecule has 0 bridgehead atoms. The molecule has 0 saturated carbocycles. The van der Waals surface area contributed by atoms with E-state index >= 15 is 0 Å². The summed E-state index contributed by atoms with van der Waals surface area (Å²) in [5, 5.41) is 0. The highest BCUT2D eigenvalue weighted by molar-refractivity contribution is 5.73. The molecule has 1 aromatic carbocycles. The van der Waals surface area contributed by atoms with Crippen LogP contribution < -0.4 is 0 Å². The van der Waals surface area contributed by atoms with Crippen LogP contribution in [0.25, 0.3) is 0 Å². The highest BCUT2D eigenvalue weighted by Crippen LogP contribution is 2.31. The van der Waals surface area contributed by atoms with Crippen molar-refractivity contribution < 1.29 is 33.3 Å². The van der Waals surface area contributed by atoms with E-state index < -0.39 is 0 Å². The Hall–Kier alpha value is -1.96. The van der Waals surface area contributed by atoms with Crippen LogP contribution in [0.5, 0.6) is 0 Å². The van der Waals surface area contributed by atoms with Gasteiger partial charge >= 0.3 is 11.9 Å². The molecule has 0 radical (unpaired) electrons. The lowest BCUT2D eigenvalue weighted by Crippen LogP contribution is -2.32. The van der Waals surface area contributed by atoms with Gasteiger partial charge in [-0.05, 0) is 64.9 Å².